The smallest absolute Gasteiger partial charge is 0.0537 e. The third-order valence-corrected chi connectivity index (χ3v) is 3.38. The van der Waals surface area contributed by atoms with Gasteiger partial charge in [-0.3, -0.25) is 4.68 Å². The van der Waals surface area contributed by atoms with Crippen LogP contribution in [0, 0.1) is 5.92 Å². The lowest BCUT2D eigenvalue weighted by Gasteiger charge is -2.16. The molecule has 0 amide bonds. The Balaban J connectivity index is 2.14. The largest absolute Gasteiger partial charge is 0.310 e. The van der Waals surface area contributed by atoms with Crippen molar-refractivity contribution >= 4 is 0 Å². The quantitative estimate of drug-likeness (QED) is 0.825. The molecule has 0 bridgehead atoms. The Morgan fingerprint density at radius 1 is 1.60 bits per heavy atom. The molecule has 2 rings (SSSR count). The molecule has 0 spiro atoms. The molecule has 1 saturated heterocycles. The summed E-state index contributed by atoms with van der Waals surface area (Å²) in [5.74, 6) is 0.787. The molecule has 1 aliphatic rings. The Bertz CT molecular complexity index is 316. The van der Waals surface area contributed by atoms with E-state index in [-0.39, 0.29) is 0 Å². The maximum atomic E-state index is 4.41. The number of aromatic nitrogens is 2. The number of nitrogens with zero attached hydrogens (tertiary/aromatic N) is 2. The standard InChI is InChI=1S/C12H21N3/c1-4-10-5-6-13-12(10)11-7-14-15(8-11)9(2)3/h7-10,12-13H,4-6H2,1-3H3. The van der Waals surface area contributed by atoms with E-state index in [9.17, 15) is 0 Å². The van der Waals surface area contributed by atoms with E-state index in [1.54, 1.807) is 0 Å². The molecular formula is C12H21N3. The van der Waals surface area contributed by atoms with E-state index in [2.05, 4.69) is 37.4 Å². The molecule has 1 aromatic rings. The van der Waals surface area contributed by atoms with Gasteiger partial charge in [0.2, 0.25) is 0 Å². The molecule has 1 aliphatic heterocycles. The Labute approximate surface area is 91.9 Å². The Morgan fingerprint density at radius 2 is 2.40 bits per heavy atom. The van der Waals surface area contributed by atoms with Crippen LogP contribution >= 0.6 is 0 Å². The summed E-state index contributed by atoms with van der Waals surface area (Å²) in [7, 11) is 0. The minimum Gasteiger partial charge on any atom is -0.310 e. The molecule has 0 aromatic carbocycles. The van der Waals surface area contributed by atoms with E-state index < -0.39 is 0 Å². The summed E-state index contributed by atoms with van der Waals surface area (Å²) in [5.41, 5.74) is 1.35. The van der Waals surface area contributed by atoms with Gasteiger partial charge in [0, 0.05) is 23.8 Å². The van der Waals surface area contributed by atoms with E-state index in [0.717, 1.165) is 12.5 Å². The van der Waals surface area contributed by atoms with Crippen LogP contribution < -0.4 is 5.32 Å². The lowest BCUT2D eigenvalue weighted by atomic mass is 9.94. The molecule has 1 fully saturated rings. The fraction of sp³-hybridized carbons (Fsp3) is 0.750. The minimum atomic E-state index is 0.459. The molecule has 2 atom stereocenters. The fourth-order valence-electron chi connectivity index (χ4n) is 2.38. The van der Waals surface area contributed by atoms with Crippen LogP contribution in [0.2, 0.25) is 0 Å². The molecule has 84 valence electrons. The zero-order chi connectivity index (χ0) is 10.8. The second kappa shape index (κ2) is 4.35. The average Bonchev–Trinajstić information content (AvgIpc) is 2.85. The summed E-state index contributed by atoms with van der Waals surface area (Å²) in [4.78, 5) is 0. The van der Waals surface area contributed by atoms with E-state index >= 15 is 0 Å². The lowest BCUT2D eigenvalue weighted by Crippen LogP contribution is -2.17. The highest BCUT2D eigenvalue weighted by molar-refractivity contribution is 5.13. The van der Waals surface area contributed by atoms with Gasteiger partial charge in [0.1, 0.15) is 0 Å². The predicted octanol–water partition coefficient (Wildman–Crippen LogP) is 2.52. The van der Waals surface area contributed by atoms with Gasteiger partial charge in [-0.1, -0.05) is 13.3 Å². The van der Waals surface area contributed by atoms with Crippen LogP contribution in [0.1, 0.15) is 51.3 Å². The van der Waals surface area contributed by atoms with Gasteiger partial charge in [0.15, 0.2) is 0 Å². The third kappa shape index (κ3) is 2.07. The first-order chi connectivity index (χ1) is 7.22. The van der Waals surface area contributed by atoms with Crippen molar-refractivity contribution < 1.29 is 0 Å². The van der Waals surface area contributed by atoms with Crippen LogP contribution in [0.5, 0.6) is 0 Å². The molecule has 0 radical (unpaired) electrons. The highest BCUT2D eigenvalue weighted by Crippen LogP contribution is 2.31. The molecule has 2 unspecified atom stereocenters. The molecule has 1 N–H and O–H groups in total. The molecular weight excluding hydrogens is 186 g/mol. The highest BCUT2D eigenvalue weighted by atomic mass is 15.3. The zero-order valence-electron chi connectivity index (χ0n) is 9.90. The van der Waals surface area contributed by atoms with Crippen LogP contribution in [-0.4, -0.2) is 16.3 Å². The van der Waals surface area contributed by atoms with Gasteiger partial charge in [-0.2, -0.15) is 5.10 Å². The molecule has 3 heteroatoms. The fourth-order valence-corrected chi connectivity index (χ4v) is 2.38. The first-order valence-corrected chi connectivity index (χ1v) is 5.99. The monoisotopic (exact) mass is 207 g/mol. The number of hydrogen-bond donors (Lipinski definition) is 1. The highest BCUT2D eigenvalue weighted by Gasteiger charge is 2.27. The Kier molecular flexibility index (Phi) is 3.10. The van der Waals surface area contributed by atoms with Gasteiger partial charge in [-0.15, -0.1) is 0 Å². The van der Waals surface area contributed by atoms with Gasteiger partial charge < -0.3 is 5.32 Å². The van der Waals surface area contributed by atoms with Crippen molar-refractivity contribution in [1.82, 2.24) is 15.1 Å². The SMILES string of the molecule is CCC1CCNC1c1cnn(C(C)C)c1. The molecule has 15 heavy (non-hydrogen) atoms. The summed E-state index contributed by atoms with van der Waals surface area (Å²) in [6.07, 6.45) is 6.76. The van der Waals surface area contributed by atoms with Crippen molar-refractivity contribution in [2.24, 2.45) is 5.92 Å². The molecule has 2 heterocycles. The van der Waals surface area contributed by atoms with Crippen molar-refractivity contribution in [3.8, 4) is 0 Å². The molecule has 0 aliphatic carbocycles. The van der Waals surface area contributed by atoms with Crippen LogP contribution in [-0.2, 0) is 0 Å². The summed E-state index contributed by atoms with van der Waals surface area (Å²) < 4.78 is 2.04. The van der Waals surface area contributed by atoms with Crippen LogP contribution in [0.15, 0.2) is 12.4 Å². The number of nitrogens with one attached hydrogen (secondary N) is 1. The van der Waals surface area contributed by atoms with Gasteiger partial charge in [-0.25, -0.2) is 0 Å². The van der Waals surface area contributed by atoms with Crippen LogP contribution in [0.3, 0.4) is 0 Å². The number of rotatable bonds is 3. The first kappa shape index (κ1) is 10.7. The van der Waals surface area contributed by atoms with Crippen LogP contribution in [0.25, 0.3) is 0 Å². The maximum Gasteiger partial charge on any atom is 0.0537 e. The summed E-state index contributed by atoms with van der Waals surface area (Å²) >= 11 is 0. The van der Waals surface area contributed by atoms with Gasteiger partial charge >= 0.3 is 0 Å². The lowest BCUT2D eigenvalue weighted by molar-refractivity contribution is 0.448. The molecule has 1 aromatic heterocycles. The Morgan fingerprint density at radius 3 is 3.00 bits per heavy atom. The zero-order valence-corrected chi connectivity index (χ0v) is 9.90. The van der Waals surface area contributed by atoms with E-state index in [1.165, 1.54) is 18.4 Å². The first-order valence-electron chi connectivity index (χ1n) is 5.99. The van der Waals surface area contributed by atoms with Gasteiger partial charge in [0.25, 0.3) is 0 Å². The predicted molar refractivity (Wildman–Crippen MR) is 61.8 cm³/mol. The molecule has 0 saturated carbocycles. The van der Waals surface area contributed by atoms with Gasteiger partial charge in [-0.05, 0) is 32.7 Å². The van der Waals surface area contributed by atoms with Crippen molar-refractivity contribution in [2.45, 2.75) is 45.7 Å². The third-order valence-electron chi connectivity index (χ3n) is 3.38. The summed E-state index contributed by atoms with van der Waals surface area (Å²) in [6, 6.07) is 0.989. The second-order valence-electron chi connectivity index (χ2n) is 4.74. The topological polar surface area (TPSA) is 29.9 Å². The normalized spacial score (nSPS) is 26.4. The van der Waals surface area contributed by atoms with E-state index in [1.807, 2.05) is 10.9 Å². The average molecular weight is 207 g/mol. The van der Waals surface area contributed by atoms with Gasteiger partial charge in [0.05, 0.1) is 6.20 Å². The maximum absolute atomic E-state index is 4.41. The molecule has 3 nitrogen and oxygen atoms in total. The van der Waals surface area contributed by atoms with Crippen LogP contribution in [0.4, 0.5) is 0 Å². The van der Waals surface area contributed by atoms with Crippen molar-refractivity contribution in [1.29, 1.82) is 0 Å². The van der Waals surface area contributed by atoms with Crippen molar-refractivity contribution in [2.75, 3.05) is 6.54 Å². The van der Waals surface area contributed by atoms with E-state index in [4.69, 9.17) is 0 Å². The van der Waals surface area contributed by atoms with Crippen molar-refractivity contribution in [3.63, 3.8) is 0 Å². The number of hydrogen-bond acceptors (Lipinski definition) is 2. The Hall–Kier alpha value is -0.830. The summed E-state index contributed by atoms with van der Waals surface area (Å²) in [6.45, 7) is 7.75. The summed E-state index contributed by atoms with van der Waals surface area (Å²) in [5, 5.41) is 7.98. The van der Waals surface area contributed by atoms with Crippen molar-refractivity contribution in [3.05, 3.63) is 18.0 Å². The second-order valence-corrected chi connectivity index (χ2v) is 4.74. The minimum absolute atomic E-state index is 0.459. The van der Waals surface area contributed by atoms with E-state index in [0.29, 0.717) is 12.1 Å².